The summed E-state index contributed by atoms with van der Waals surface area (Å²) in [5, 5.41) is 3.58. The summed E-state index contributed by atoms with van der Waals surface area (Å²) in [6.07, 6.45) is 2.57. The fraction of sp³-hybridized carbons (Fsp3) is 0.480. The van der Waals surface area contributed by atoms with Crippen molar-refractivity contribution >= 4 is 46.5 Å². The molecule has 2 atom stereocenters. The number of nitrogens with one attached hydrogen (secondary N) is 1. The number of nitrogens with two attached hydrogens (primary N) is 1. The van der Waals surface area contributed by atoms with Gasteiger partial charge in [0.15, 0.2) is 0 Å². The first kappa shape index (κ1) is 24.5. The molecule has 0 saturated heterocycles. The van der Waals surface area contributed by atoms with E-state index in [1.54, 1.807) is 29.2 Å². The van der Waals surface area contributed by atoms with Crippen molar-refractivity contribution in [3.63, 3.8) is 0 Å². The lowest BCUT2D eigenvalue weighted by atomic mass is 9.70. The van der Waals surface area contributed by atoms with Gasteiger partial charge in [0.1, 0.15) is 5.60 Å². The van der Waals surface area contributed by atoms with E-state index in [-0.39, 0.29) is 23.8 Å². The average Bonchev–Trinajstić information content (AvgIpc) is 3.09. The maximum atomic E-state index is 12.8. The van der Waals surface area contributed by atoms with Gasteiger partial charge < -0.3 is 20.7 Å². The van der Waals surface area contributed by atoms with Crippen molar-refractivity contribution in [2.45, 2.75) is 58.6 Å². The second-order valence-electron chi connectivity index (χ2n) is 9.96. The van der Waals surface area contributed by atoms with E-state index in [0.29, 0.717) is 42.2 Å². The fourth-order valence-corrected chi connectivity index (χ4v) is 6.13. The van der Waals surface area contributed by atoms with E-state index in [1.807, 2.05) is 20.8 Å². The van der Waals surface area contributed by atoms with E-state index in [4.69, 9.17) is 22.1 Å². The Labute approximate surface area is 208 Å². The summed E-state index contributed by atoms with van der Waals surface area (Å²) < 4.78 is 5.51. The van der Waals surface area contributed by atoms with Crippen molar-refractivity contribution in [2.75, 3.05) is 11.9 Å². The molecule has 1 aromatic carbocycles. The molecule has 0 spiro atoms. The number of hydrogen-bond donors (Lipinski definition) is 2. The van der Waals surface area contributed by atoms with E-state index in [2.05, 4.69) is 5.32 Å². The molecule has 34 heavy (non-hydrogen) atoms. The van der Waals surface area contributed by atoms with Gasteiger partial charge in [0.05, 0.1) is 12.1 Å². The highest BCUT2D eigenvalue weighted by atomic mass is 35.5. The maximum Gasteiger partial charge on any atom is 0.410 e. The molecule has 0 bridgehead atoms. The standard InChI is InChI=1S/C25H30ClN3O4S/c1-25(2,3)33-24(32)29-11-10-18-20(13-29)34-19(21(18)22(27)30)12-14-4-9-17(14)23(31)28-16-7-5-15(26)6-8-16/h5-8,14,17H,4,9-13H2,1-3H3,(H2,27,30)(H,28,31). The van der Waals surface area contributed by atoms with Crippen molar-refractivity contribution in [1.82, 2.24) is 4.90 Å². The number of fused-ring (bicyclic) bond motifs is 1. The second kappa shape index (κ2) is 9.58. The van der Waals surface area contributed by atoms with Crippen molar-refractivity contribution in [3.8, 4) is 0 Å². The molecule has 2 aromatic rings. The quantitative estimate of drug-likeness (QED) is 0.599. The zero-order valence-corrected chi connectivity index (χ0v) is 21.2. The molecule has 4 rings (SSSR count). The smallest absolute Gasteiger partial charge is 0.410 e. The van der Waals surface area contributed by atoms with Crippen LogP contribution in [0.25, 0.3) is 0 Å². The zero-order chi connectivity index (χ0) is 24.6. The van der Waals surface area contributed by atoms with Gasteiger partial charge in [-0.15, -0.1) is 11.3 Å². The summed E-state index contributed by atoms with van der Waals surface area (Å²) >= 11 is 7.45. The number of nitrogens with zero attached hydrogens (tertiary/aromatic N) is 1. The van der Waals surface area contributed by atoms with Crippen LogP contribution in [0, 0.1) is 11.8 Å². The van der Waals surface area contributed by atoms with E-state index < -0.39 is 11.5 Å². The van der Waals surface area contributed by atoms with Gasteiger partial charge in [0.2, 0.25) is 11.8 Å². The third-order valence-electron chi connectivity index (χ3n) is 6.34. The molecular weight excluding hydrogens is 474 g/mol. The molecule has 1 aromatic heterocycles. The average molecular weight is 504 g/mol. The highest BCUT2D eigenvalue weighted by Crippen LogP contribution is 2.42. The van der Waals surface area contributed by atoms with Crippen molar-refractivity contribution in [2.24, 2.45) is 17.6 Å². The van der Waals surface area contributed by atoms with Crippen LogP contribution < -0.4 is 11.1 Å². The number of ether oxygens (including phenoxy) is 1. The molecule has 0 radical (unpaired) electrons. The van der Waals surface area contributed by atoms with Crippen LogP contribution >= 0.6 is 22.9 Å². The monoisotopic (exact) mass is 503 g/mol. The lowest BCUT2D eigenvalue weighted by Crippen LogP contribution is -2.39. The number of halogens is 1. The molecule has 2 aliphatic rings. The number of amides is 3. The normalized spacial score (nSPS) is 19.7. The lowest BCUT2D eigenvalue weighted by molar-refractivity contribution is -0.124. The molecule has 2 unspecified atom stereocenters. The minimum Gasteiger partial charge on any atom is -0.444 e. The van der Waals surface area contributed by atoms with E-state index in [0.717, 1.165) is 28.2 Å². The van der Waals surface area contributed by atoms with E-state index in [1.165, 1.54) is 11.3 Å². The van der Waals surface area contributed by atoms with Crippen LogP contribution in [0.3, 0.4) is 0 Å². The van der Waals surface area contributed by atoms with Crippen LogP contribution in [0.4, 0.5) is 10.5 Å². The summed E-state index contributed by atoms with van der Waals surface area (Å²) in [6.45, 7) is 6.40. The summed E-state index contributed by atoms with van der Waals surface area (Å²) in [5.41, 5.74) is 7.44. The number of rotatable bonds is 5. The first-order valence-corrected chi connectivity index (χ1v) is 12.7. The Hall–Kier alpha value is -2.58. The van der Waals surface area contributed by atoms with Gasteiger partial charge in [0.25, 0.3) is 0 Å². The van der Waals surface area contributed by atoms with Crippen LogP contribution in [0.2, 0.25) is 5.02 Å². The van der Waals surface area contributed by atoms with E-state index >= 15 is 0 Å². The molecule has 7 nitrogen and oxygen atoms in total. The lowest BCUT2D eigenvalue weighted by Gasteiger charge is -2.35. The van der Waals surface area contributed by atoms with Gasteiger partial charge in [-0.1, -0.05) is 11.6 Å². The summed E-state index contributed by atoms with van der Waals surface area (Å²) in [4.78, 5) is 41.3. The highest BCUT2D eigenvalue weighted by molar-refractivity contribution is 7.12. The van der Waals surface area contributed by atoms with Crippen LogP contribution in [-0.2, 0) is 28.9 Å². The molecule has 1 aliphatic carbocycles. The molecule has 1 fully saturated rings. The van der Waals surface area contributed by atoms with Gasteiger partial charge in [-0.05, 0) is 82.2 Å². The Morgan fingerprint density at radius 1 is 1.21 bits per heavy atom. The predicted octanol–water partition coefficient (Wildman–Crippen LogP) is 5.00. The third kappa shape index (κ3) is 5.39. The van der Waals surface area contributed by atoms with Crippen LogP contribution in [0.15, 0.2) is 24.3 Å². The Morgan fingerprint density at radius 2 is 1.91 bits per heavy atom. The molecule has 3 N–H and O–H groups in total. The van der Waals surface area contributed by atoms with Crippen molar-refractivity contribution in [1.29, 1.82) is 0 Å². The number of anilines is 1. The van der Waals surface area contributed by atoms with Gasteiger partial charge in [-0.2, -0.15) is 0 Å². The van der Waals surface area contributed by atoms with E-state index in [9.17, 15) is 14.4 Å². The second-order valence-corrected chi connectivity index (χ2v) is 11.6. The van der Waals surface area contributed by atoms with Crippen LogP contribution in [0.5, 0.6) is 0 Å². The number of carbonyl (C=O) groups is 3. The molecule has 3 amide bonds. The molecular formula is C25H30ClN3O4S. The largest absolute Gasteiger partial charge is 0.444 e. The molecule has 182 valence electrons. The SMILES string of the molecule is CC(C)(C)OC(=O)N1CCc2c(sc(CC3CCC3C(=O)Nc3ccc(Cl)cc3)c2C(N)=O)C1. The minimum atomic E-state index is -0.567. The molecule has 1 aliphatic heterocycles. The molecule has 2 heterocycles. The number of primary amides is 1. The number of benzene rings is 1. The zero-order valence-electron chi connectivity index (χ0n) is 19.7. The summed E-state index contributed by atoms with van der Waals surface area (Å²) in [5.74, 6) is -0.433. The Morgan fingerprint density at radius 3 is 2.50 bits per heavy atom. The number of hydrogen-bond acceptors (Lipinski definition) is 5. The Kier molecular flexibility index (Phi) is 6.92. The van der Waals surface area contributed by atoms with Crippen LogP contribution in [0.1, 0.15) is 59.3 Å². The predicted molar refractivity (Wildman–Crippen MR) is 133 cm³/mol. The minimum absolute atomic E-state index is 0.0170. The summed E-state index contributed by atoms with van der Waals surface area (Å²) in [6, 6.07) is 7.04. The first-order chi connectivity index (χ1) is 16.0. The maximum absolute atomic E-state index is 12.8. The van der Waals surface area contributed by atoms with Crippen LogP contribution in [-0.4, -0.2) is 35.0 Å². The Bertz CT molecular complexity index is 1110. The molecule has 9 heteroatoms. The van der Waals surface area contributed by atoms with Gasteiger partial charge in [-0.25, -0.2) is 4.79 Å². The van der Waals surface area contributed by atoms with Gasteiger partial charge >= 0.3 is 6.09 Å². The summed E-state index contributed by atoms with van der Waals surface area (Å²) in [7, 11) is 0. The topological polar surface area (TPSA) is 102 Å². The Balaban J connectivity index is 1.46. The fourth-order valence-electron chi connectivity index (χ4n) is 4.54. The highest BCUT2D eigenvalue weighted by Gasteiger charge is 2.39. The molecule has 1 saturated carbocycles. The van der Waals surface area contributed by atoms with Gasteiger partial charge in [0, 0.05) is 32.9 Å². The van der Waals surface area contributed by atoms with Crippen molar-refractivity contribution in [3.05, 3.63) is 50.2 Å². The number of carbonyl (C=O) groups excluding carboxylic acids is 3. The van der Waals surface area contributed by atoms with Gasteiger partial charge in [-0.3, -0.25) is 9.59 Å². The van der Waals surface area contributed by atoms with Crippen molar-refractivity contribution < 1.29 is 19.1 Å². The third-order valence-corrected chi connectivity index (χ3v) is 7.83. The number of thiophene rings is 1. The first-order valence-electron chi connectivity index (χ1n) is 11.5.